The van der Waals surface area contributed by atoms with Gasteiger partial charge in [0.05, 0.1) is 13.2 Å². The fraction of sp³-hybridized carbons (Fsp3) is 0.500. The minimum atomic E-state index is 0.654. The average Bonchev–Trinajstić information content (AvgIpc) is 2.75. The maximum Gasteiger partial charge on any atom is 0.0594 e. The van der Waals surface area contributed by atoms with Crippen LogP contribution in [0.4, 0.5) is 0 Å². The normalized spacial score (nSPS) is 24.0. The highest BCUT2D eigenvalue weighted by atomic mass is 16.5. The largest absolute Gasteiger partial charge is 0.379 e. The summed E-state index contributed by atoms with van der Waals surface area (Å²) >= 11 is 0. The van der Waals surface area contributed by atoms with E-state index in [2.05, 4.69) is 64.8 Å². The summed E-state index contributed by atoms with van der Waals surface area (Å²) in [6, 6.07) is 20.6. The standard InChI is InChI=1S/C24H32N2O/c1-2-6-20(7-3-1)21-10-12-24(13-11-21)25-18-22-8-4-5-9-23(22)19-26-14-16-27-17-15-26/h1-9,21,24-25H,10-19H2. The molecule has 3 heteroatoms. The minimum absolute atomic E-state index is 0.654. The summed E-state index contributed by atoms with van der Waals surface area (Å²) in [5.41, 5.74) is 4.44. The van der Waals surface area contributed by atoms with Crippen LogP contribution in [-0.2, 0) is 17.8 Å². The third-order valence-corrected chi connectivity index (χ3v) is 6.20. The second kappa shape index (κ2) is 9.50. The molecule has 1 heterocycles. The van der Waals surface area contributed by atoms with Gasteiger partial charge in [-0.25, -0.2) is 0 Å². The highest BCUT2D eigenvalue weighted by Crippen LogP contribution is 2.32. The van der Waals surface area contributed by atoms with Crippen LogP contribution in [0.25, 0.3) is 0 Å². The van der Waals surface area contributed by atoms with Gasteiger partial charge in [-0.15, -0.1) is 0 Å². The van der Waals surface area contributed by atoms with Crippen LogP contribution in [0.2, 0.25) is 0 Å². The zero-order chi connectivity index (χ0) is 18.3. The van der Waals surface area contributed by atoms with Crippen LogP contribution in [0, 0.1) is 0 Å². The number of nitrogens with zero attached hydrogens (tertiary/aromatic N) is 1. The number of hydrogen-bond acceptors (Lipinski definition) is 3. The molecule has 0 aromatic heterocycles. The molecule has 2 aromatic rings. The van der Waals surface area contributed by atoms with Crippen LogP contribution in [-0.4, -0.2) is 37.2 Å². The van der Waals surface area contributed by atoms with Crippen LogP contribution < -0.4 is 5.32 Å². The molecule has 0 bridgehead atoms. The van der Waals surface area contributed by atoms with E-state index < -0.39 is 0 Å². The Balaban J connectivity index is 1.28. The van der Waals surface area contributed by atoms with Gasteiger partial charge in [0.25, 0.3) is 0 Å². The summed E-state index contributed by atoms with van der Waals surface area (Å²) in [6.45, 7) is 5.86. The Morgan fingerprint density at radius 3 is 2.22 bits per heavy atom. The highest BCUT2D eigenvalue weighted by molar-refractivity contribution is 5.27. The van der Waals surface area contributed by atoms with Crippen LogP contribution >= 0.6 is 0 Å². The maximum atomic E-state index is 5.48. The third-order valence-electron chi connectivity index (χ3n) is 6.20. The Kier molecular flexibility index (Phi) is 6.57. The second-order valence-corrected chi connectivity index (χ2v) is 8.00. The molecular formula is C24H32N2O. The van der Waals surface area contributed by atoms with E-state index in [1.165, 1.54) is 42.4 Å². The Bertz CT molecular complexity index is 689. The van der Waals surface area contributed by atoms with E-state index in [0.29, 0.717) is 6.04 Å². The SMILES string of the molecule is c1ccc(C2CCC(NCc3ccccc3CN3CCOCC3)CC2)cc1. The molecule has 2 aliphatic rings. The number of morpholine rings is 1. The third kappa shape index (κ3) is 5.19. The van der Waals surface area contributed by atoms with Gasteiger partial charge >= 0.3 is 0 Å². The zero-order valence-electron chi connectivity index (χ0n) is 16.3. The second-order valence-electron chi connectivity index (χ2n) is 8.00. The van der Waals surface area contributed by atoms with E-state index >= 15 is 0 Å². The van der Waals surface area contributed by atoms with E-state index in [4.69, 9.17) is 4.74 Å². The smallest absolute Gasteiger partial charge is 0.0594 e. The Morgan fingerprint density at radius 2 is 1.48 bits per heavy atom. The van der Waals surface area contributed by atoms with Gasteiger partial charge < -0.3 is 10.1 Å². The molecule has 2 fully saturated rings. The van der Waals surface area contributed by atoms with E-state index in [-0.39, 0.29) is 0 Å². The fourth-order valence-corrected chi connectivity index (χ4v) is 4.49. The molecular weight excluding hydrogens is 332 g/mol. The van der Waals surface area contributed by atoms with Crippen molar-refractivity contribution in [3.8, 4) is 0 Å². The molecule has 0 amide bonds. The van der Waals surface area contributed by atoms with E-state index in [9.17, 15) is 0 Å². The first-order valence-electron chi connectivity index (χ1n) is 10.5. The van der Waals surface area contributed by atoms with E-state index in [1.807, 2.05) is 0 Å². The summed E-state index contributed by atoms with van der Waals surface area (Å²) in [4.78, 5) is 2.51. The first-order chi connectivity index (χ1) is 13.4. The maximum absolute atomic E-state index is 5.48. The van der Waals surface area contributed by atoms with Crippen molar-refractivity contribution in [1.29, 1.82) is 0 Å². The van der Waals surface area contributed by atoms with Crippen molar-refractivity contribution in [3.05, 3.63) is 71.3 Å². The van der Waals surface area contributed by atoms with Gasteiger partial charge in [-0.05, 0) is 48.3 Å². The lowest BCUT2D eigenvalue weighted by Gasteiger charge is -2.30. The van der Waals surface area contributed by atoms with Gasteiger partial charge in [-0.1, -0.05) is 54.6 Å². The molecule has 2 aromatic carbocycles. The van der Waals surface area contributed by atoms with Gasteiger partial charge in [-0.3, -0.25) is 4.90 Å². The van der Waals surface area contributed by atoms with Crippen molar-refractivity contribution < 1.29 is 4.74 Å². The van der Waals surface area contributed by atoms with Gasteiger partial charge in [0.2, 0.25) is 0 Å². The van der Waals surface area contributed by atoms with Gasteiger partial charge in [0.15, 0.2) is 0 Å². The number of benzene rings is 2. The minimum Gasteiger partial charge on any atom is -0.379 e. The number of ether oxygens (including phenoxy) is 1. The van der Waals surface area contributed by atoms with Crippen molar-refractivity contribution in [2.75, 3.05) is 26.3 Å². The van der Waals surface area contributed by atoms with Crippen LogP contribution in [0.5, 0.6) is 0 Å². The van der Waals surface area contributed by atoms with Crippen molar-refractivity contribution in [3.63, 3.8) is 0 Å². The fourth-order valence-electron chi connectivity index (χ4n) is 4.49. The predicted molar refractivity (Wildman–Crippen MR) is 111 cm³/mol. The first-order valence-corrected chi connectivity index (χ1v) is 10.5. The molecule has 0 atom stereocenters. The Labute approximate surface area is 163 Å². The molecule has 1 saturated heterocycles. The van der Waals surface area contributed by atoms with Crippen LogP contribution in [0.15, 0.2) is 54.6 Å². The monoisotopic (exact) mass is 364 g/mol. The number of rotatable bonds is 6. The number of hydrogen-bond donors (Lipinski definition) is 1. The van der Waals surface area contributed by atoms with Crippen LogP contribution in [0.1, 0.15) is 48.3 Å². The average molecular weight is 365 g/mol. The summed E-state index contributed by atoms with van der Waals surface area (Å²) in [5, 5.41) is 3.84. The molecule has 0 radical (unpaired) electrons. The van der Waals surface area contributed by atoms with Gasteiger partial charge in [0, 0.05) is 32.2 Å². The Morgan fingerprint density at radius 1 is 0.815 bits per heavy atom. The van der Waals surface area contributed by atoms with Crippen LogP contribution in [0.3, 0.4) is 0 Å². The molecule has 1 N–H and O–H groups in total. The molecule has 4 rings (SSSR count). The summed E-state index contributed by atoms with van der Waals surface area (Å²) in [6.07, 6.45) is 5.17. The molecule has 0 unspecified atom stereocenters. The topological polar surface area (TPSA) is 24.5 Å². The van der Waals surface area contributed by atoms with E-state index in [1.54, 1.807) is 0 Å². The molecule has 3 nitrogen and oxygen atoms in total. The molecule has 1 aliphatic heterocycles. The van der Waals surface area contributed by atoms with Crippen molar-refractivity contribution in [1.82, 2.24) is 10.2 Å². The lowest BCUT2D eigenvalue weighted by molar-refractivity contribution is 0.0340. The Hall–Kier alpha value is -1.68. The molecule has 0 spiro atoms. The van der Waals surface area contributed by atoms with Gasteiger partial charge in [-0.2, -0.15) is 0 Å². The van der Waals surface area contributed by atoms with Crippen molar-refractivity contribution >= 4 is 0 Å². The zero-order valence-corrected chi connectivity index (χ0v) is 16.3. The molecule has 1 aliphatic carbocycles. The van der Waals surface area contributed by atoms with Crippen molar-refractivity contribution in [2.45, 2.75) is 50.7 Å². The first kappa shape index (κ1) is 18.7. The highest BCUT2D eigenvalue weighted by Gasteiger charge is 2.22. The predicted octanol–water partition coefficient (Wildman–Crippen LogP) is 4.33. The quantitative estimate of drug-likeness (QED) is 0.825. The molecule has 1 saturated carbocycles. The lowest BCUT2D eigenvalue weighted by Crippen LogP contribution is -2.36. The lowest BCUT2D eigenvalue weighted by atomic mass is 9.82. The van der Waals surface area contributed by atoms with Gasteiger partial charge in [0.1, 0.15) is 0 Å². The summed E-state index contributed by atoms with van der Waals surface area (Å²) in [5.74, 6) is 0.748. The summed E-state index contributed by atoms with van der Waals surface area (Å²) in [7, 11) is 0. The van der Waals surface area contributed by atoms with Crippen molar-refractivity contribution in [2.24, 2.45) is 0 Å². The number of nitrogens with one attached hydrogen (secondary N) is 1. The molecule has 27 heavy (non-hydrogen) atoms. The summed E-state index contributed by atoms with van der Waals surface area (Å²) < 4.78 is 5.48. The van der Waals surface area contributed by atoms with E-state index in [0.717, 1.165) is 45.3 Å². The molecule has 144 valence electrons.